The van der Waals surface area contributed by atoms with Crippen molar-refractivity contribution in [2.75, 3.05) is 0 Å². The van der Waals surface area contributed by atoms with Gasteiger partial charge in [-0.15, -0.1) is 0 Å². The molecule has 1 saturated carbocycles. The summed E-state index contributed by atoms with van der Waals surface area (Å²) in [4.78, 5) is 9.83. The molecule has 0 amide bonds. The van der Waals surface area contributed by atoms with Gasteiger partial charge >= 0.3 is 0 Å². The molecule has 5 heteroatoms. The van der Waals surface area contributed by atoms with Gasteiger partial charge in [0.2, 0.25) is 0 Å². The quantitative estimate of drug-likeness (QED) is 0.378. The van der Waals surface area contributed by atoms with E-state index < -0.39 is 0 Å². The van der Waals surface area contributed by atoms with Crippen LogP contribution in [-0.4, -0.2) is 14.5 Å². The number of fused-ring (bicyclic) bond motifs is 1. The molecule has 1 aliphatic rings. The van der Waals surface area contributed by atoms with E-state index in [0.717, 1.165) is 62.4 Å². The second-order valence-corrected chi connectivity index (χ2v) is 8.39. The summed E-state index contributed by atoms with van der Waals surface area (Å²) in [5, 5.41) is 9.83. The Morgan fingerprint density at radius 3 is 2.52 bits per heavy atom. The fourth-order valence-electron chi connectivity index (χ4n) is 3.87. The lowest BCUT2D eigenvalue weighted by Crippen LogP contribution is -2.03. The van der Waals surface area contributed by atoms with Crippen LogP contribution in [0.3, 0.4) is 0 Å². The summed E-state index contributed by atoms with van der Waals surface area (Å²) in [6, 6.07) is 18.5. The molecule has 29 heavy (non-hydrogen) atoms. The maximum atomic E-state index is 9.83. The van der Waals surface area contributed by atoms with Gasteiger partial charge in [-0.2, -0.15) is 5.26 Å². The van der Waals surface area contributed by atoms with Gasteiger partial charge < -0.3 is 0 Å². The lowest BCUT2D eigenvalue weighted by Gasteiger charge is -2.12. The molecule has 142 valence electrons. The summed E-state index contributed by atoms with van der Waals surface area (Å²) in [5.74, 6) is 1.51. The summed E-state index contributed by atoms with van der Waals surface area (Å²) >= 11 is 3.65. The maximum absolute atomic E-state index is 9.83. The molecule has 4 nitrogen and oxygen atoms in total. The summed E-state index contributed by atoms with van der Waals surface area (Å²) in [7, 11) is 0. The van der Waals surface area contributed by atoms with Gasteiger partial charge in [-0.05, 0) is 71.4 Å². The van der Waals surface area contributed by atoms with Crippen molar-refractivity contribution in [3.8, 4) is 22.9 Å². The van der Waals surface area contributed by atoms with Crippen LogP contribution in [-0.2, 0) is 0 Å². The predicted octanol–water partition coefficient (Wildman–Crippen LogP) is 6.22. The molecule has 2 heterocycles. The molecule has 1 fully saturated rings. The maximum Gasteiger partial charge on any atom is 0.165 e. The van der Waals surface area contributed by atoms with E-state index in [9.17, 15) is 5.26 Å². The van der Waals surface area contributed by atoms with Crippen molar-refractivity contribution in [3.63, 3.8) is 0 Å². The Morgan fingerprint density at radius 1 is 1.07 bits per heavy atom. The number of pyridine rings is 1. The Morgan fingerprint density at radius 2 is 1.83 bits per heavy atom. The molecule has 2 aromatic heterocycles. The Hall–Kier alpha value is -2.97. The summed E-state index contributed by atoms with van der Waals surface area (Å²) < 4.78 is 3.16. The van der Waals surface area contributed by atoms with Gasteiger partial charge in [0.25, 0.3) is 0 Å². The zero-order chi connectivity index (χ0) is 20.1. The van der Waals surface area contributed by atoms with Gasteiger partial charge in [-0.25, -0.2) is 9.97 Å². The molecule has 1 aliphatic carbocycles. The first-order chi connectivity index (χ1) is 14.1. The second kappa shape index (κ2) is 6.82. The van der Waals surface area contributed by atoms with Crippen LogP contribution in [0, 0.1) is 25.2 Å². The van der Waals surface area contributed by atoms with Gasteiger partial charge in [-0.3, -0.25) is 4.57 Å². The van der Waals surface area contributed by atoms with E-state index in [1.54, 1.807) is 0 Å². The summed E-state index contributed by atoms with van der Waals surface area (Å²) in [5.41, 5.74) is 7.42. The number of rotatable bonds is 3. The van der Waals surface area contributed by atoms with Crippen LogP contribution in [0.5, 0.6) is 0 Å². The SMILES string of the molecule is Cc1nc2c(nc(C3CC3)n2-c2ccc(-c3ccccc3)c(C#N)c2)c(C)c1Br. The highest BCUT2D eigenvalue weighted by molar-refractivity contribution is 9.10. The Bertz CT molecular complexity index is 1290. The average molecular weight is 443 g/mol. The van der Waals surface area contributed by atoms with Gasteiger partial charge in [0.15, 0.2) is 5.65 Å². The minimum Gasteiger partial charge on any atom is -0.280 e. The first kappa shape index (κ1) is 18.1. The number of hydrogen-bond donors (Lipinski definition) is 0. The Balaban J connectivity index is 1.76. The molecule has 2 aromatic carbocycles. The number of nitrogens with zero attached hydrogens (tertiary/aromatic N) is 4. The average Bonchev–Trinajstić information content (AvgIpc) is 3.53. The third-order valence-electron chi connectivity index (χ3n) is 5.56. The highest BCUT2D eigenvalue weighted by atomic mass is 79.9. The van der Waals surface area contributed by atoms with Gasteiger partial charge in [-0.1, -0.05) is 36.4 Å². The summed E-state index contributed by atoms with van der Waals surface area (Å²) in [6.07, 6.45) is 2.30. The topological polar surface area (TPSA) is 54.5 Å². The third-order valence-corrected chi connectivity index (χ3v) is 6.73. The fraction of sp³-hybridized carbons (Fsp3) is 0.208. The van der Waals surface area contributed by atoms with E-state index in [4.69, 9.17) is 9.97 Å². The van der Waals surface area contributed by atoms with Crippen LogP contribution in [0.25, 0.3) is 28.0 Å². The van der Waals surface area contributed by atoms with Gasteiger partial charge in [0.05, 0.1) is 23.0 Å². The van der Waals surface area contributed by atoms with Gasteiger partial charge in [0, 0.05) is 10.4 Å². The molecular formula is C24H19BrN4. The van der Waals surface area contributed by atoms with Crippen molar-refractivity contribution in [2.24, 2.45) is 0 Å². The standard InChI is InChI=1S/C24H19BrN4/c1-14-21(25)15(2)27-24-22(14)28-23(17-8-9-17)29(24)19-10-11-20(18(12-19)13-26)16-6-4-3-5-7-16/h3-7,10-12,17H,8-9H2,1-2H3. The first-order valence-corrected chi connectivity index (χ1v) is 10.5. The van der Waals surface area contributed by atoms with E-state index >= 15 is 0 Å². The minimum absolute atomic E-state index is 0.460. The van der Waals surface area contributed by atoms with E-state index in [1.807, 2.05) is 49.4 Å². The predicted molar refractivity (Wildman–Crippen MR) is 118 cm³/mol. The second-order valence-electron chi connectivity index (χ2n) is 7.60. The molecule has 0 saturated heterocycles. The monoisotopic (exact) mass is 442 g/mol. The molecule has 0 bridgehead atoms. The lowest BCUT2D eigenvalue weighted by molar-refractivity contribution is 0.888. The highest BCUT2D eigenvalue weighted by Crippen LogP contribution is 2.43. The van der Waals surface area contributed by atoms with Gasteiger partial charge in [0.1, 0.15) is 11.3 Å². The zero-order valence-corrected chi connectivity index (χ0v) is 17.9. The number of aryl methyl sites for hydroxylation is 2. The van der Waals surface area contributed by atoms with Crippen molar-refractivity contribution in [1.29, 1.82) is 5.26 Å². The largest absolute Gasteiger partial charge is 0.280 e. The van der Waals surface area contributed by atoms with E-state index in [2.05, 4.69) is 39.6 Å². The van der Waals surface area contributed by atoms with Crippen molar-refractivity contribution in [2.45, 2.75) is 32.6 Å². The van der Waals surface area contributed by atoms with Crippen LogP contribution in [0.15, 0.2) is 53.0 Å². The van der Waals surface area contributed by atoms with E-state index in [-0.39, 0.29) is 0 Å². The number of imidazole rings is 1. The molecule has 0 atom stereocenters. The molecule has 0 unspecified atom stereocenters. The van der Waals surface area contributed by atoms with E-state index in [0.29, 0.717) is 11.5 Å². The smallest absolute Gasteiger partial charge is 0.165 e. The molecule has 5 rings (SSSR count). The van der Waals surface area contributed by atoms with Crippen LogP contribution in [0.1, 0.15) is 41.4 Å². The van der Waals surface area contributed by atoms with Crippen molar-refractivity contribution >= 4 is 27.1 Å². The first-order valence-electron chi connectivity index (χ1n) is 9.73. The number of nitriles is 1. The Labute approximate surface area is 178 Å². The summed E-state index contributed by atoms with van der Waals surface area (Å²) in [6.45, 7) is 4.08. The number of benzene rings is 2. The fourth-order valence-corrected chi connectivity index (χ4v) is 4.15. The van der Waals surface area contributed by atoms with Crippen molar-refractivity contribution in [3.05, 3.63) is 75.6 Å². The van der Waals surface area contributed by atoms with E-state index in [1.165, 1.54) is 0 Å². The van der Waals surface area contributed by atoms with Crippen LogP contribution >= 0.6 is 15.9 Å². The van der Waals surface area contributed by atoms with Crippen molar-refractivity contribution in [1.82, 2.24) is 14.5 Å². The van der Waals surface area contributed by atoms with Crippen molar-refractivity contribution < 1.29 is 0 Å². The van der Waals surface area contributed by atoms with Crippen LogP contribution in [0.2, 0.25) is 0 Å². The number of halogens is 1. The molecule has 0 aliphatic heterocycles. The van der Waals surface area contributed by atoms with Crippen LogP contribution in [0.4, 0.5) is 0 Å². The zero-order valence-electron chi connectivity index (χ0n) is 16.3. The number of hydrogen-bond acceptors (Lipinski definition) is 3. The number of aromatic nitrogens is 3. The molecular weight excluding hydrogens is 424 g/mol. The molecule has 0 spiro atoms. The molecule has 0 radical (unpaired) electrons. The molecule has 0 N–H and O–H groups in total. The lowest BCUT2D eigenvalue weighted by atomic mass is 10.00. The van der Waals surface area contributed by atoms with Crippen LogP contribution < -0.4 is 0 Å². The normalized spacial score (nSPS) is 13.6. The third kappa shape index (κ3) is 2.95. The highest BCUT2D eigenvalue weighted by Gasteiger charge is 2.31. The molecule has 4 aromatic rings. The Kier molecular flexibility index (Phi) is 4.25. The minimum atomic E-state index is 0.460.